The zero-order valence-corrected chi connectivity index (χ0v) is 12.6. The minimum atomic E-state index is 0.536. The summed E-state index contributed by atoms with van der Waals surface area (Å²) < 4.78 is 0. The summed E-state index contributed by atoms with van der Waals surface area (Å²) in [6.45, 7) is 4.03. The fraction of sp³-hybridized carbons (Fsp3) is 0.400. The van der Waals surface area contributed by atoms with Crippen LogP contribution < -0.4 is 5.32 Å². The Morgan fingerprint density at radius 3 is 2.68 bits per heavy atom. The normalized spacial score (nSPS) is 12.8. The van der Waals surface area contributed by atoms with E-state index in [1.54, 1.807) is 11.3 Å². The Morgan fingerprint density at radius 1 is 1.26 bits per heavy atom. The number of likely N-dealkylation sites (N-methyl/N-ethyl adjacent to an activating group) is 1. The maximum Gasteiger partial charge on any atom is 0.107 e. The first-order valence-electron chi connectivity index (χ1n) is 6.54. The highest BCUT2D eigenvalue weighted by atomic mass is 32.1. The molecule has 0 aliphatic heterocycles. The van der Waals surface area contributed by atoms with Crippen LogP contribution in [0.1, 0.15) is 11.9 Å². The summed E-state index contributed by atoms with van der Waals surface area (Å²) in [5.41, 5.74) is 2.26. The zero-order chi connectivity index (χ0) is 13.7. The highest BCUT2D eigenvalue weighted by molar-refractivity contribution is 7.09. The van der Waals surface area contributed by atoms with Gasteiger partial charge in [-0.3, -0.25) is 0 Å². The van der Waals surface area contributed by atoms with Gasteiger partial charge in [0.2, 0.25) is 0 Å². The van der Waals surface area contributed by atoms with Gasteiger partial charge in [-0.15, -0.1) is 11.3 Å². The standard InChI is InChI=1S/C15H21N3S/c1-12(18(2)3)9-16-10-15-17-14(11-19-15)13-7-5-4-6-8-13/h4-8,11-12,16H,9-10H2,1-3H3. The molecule has 4 heteroatoms. The lowest BCUT2D eigenvalue weighted by atomic mass is 10.2. The van der Waals surface area contributed by atoms with Crippen molar-refractivity contribution < 1.29 is 0 Å². The highest BCUT2D eigenvalue weighted by Crippen LogP contribution is 2.21. The molecule has 1 N–H and O–H groups in total. The molecule has 0 radical (unpaired) electrons. The molecule has 0 spiro atoms. The molecule has 3 nitrogen and oxygen atoms in total. The van der Waals surface area contributed by atoms with Gasteiger partial charge in [-0.25, -0.2) is 4.98 Å². The van der Waals surface area contributed by atoms with E-state index < -0.39 is 0 Å². The van der Waals surface area contributed by atoms with E-state index in [9.17, 15) is 0 Å². The van der Waals surface area contributed by atoms with Crippen molar-refractivity contribution in [1.82, 2.24) is 15.2 Å². The summed E-state index contributed by atoms with van der Waals surface area (Å²) >= 11 is 1.72. The summed E-state index contributed by atoms with van der Waals surface area (Å²) in [6, 6.07) is 10.9. The number of benzene rings is 1. The molecule has 1 atom stereocenters. The number of rotatable bonds is 6. The topological polar surface area (TPSA) is 28.2 Å². The van der Waals surface area contributed by atoms with Crippen molar-refractivity contribution in [1.29, 1.82) is 0 Å². The summed E-state index contributed by atoms with van der Waals surface area (Å²) in [6.07, 6.45) is 0. The monoisotopic (exact) mass is 275 g/mol. The van der Waals surface area contributed by atoms with Crippen LogP contribution in [-0.2, 0) is 6.54 Å². The number of thiazole rings is 1. The highest BCUT2D eigenvalue weighted by Gasteiger charge is 2.06. The Balaban J connectivity index is 1.88. The predicted octanol–water partition coefficient (Wildman–Crippen LogP) is 2.85. The number of aromatic nitrogens is 1. The molecule has 0 saturated heterocycles. The van der Waals surface area contributed by atoms with Crippen LogP contribution in [-0.4, -0.2) is 36.6 Å². The zero-order valence-electron chi connectivity index (χ0n) is 11.8. The van der Waals surface area contributed by atoms with E-state index in [1.165, 1.54) is 5.56 Å². The van der Waals surface area contributed by atoms with Crippen LogP contribution in [0.15, 0.2) is 35.7 Å². The predicted molar refractivity (Wildman–Crippen MR) is 82.4 cm³/mol. The Hall–Kier alpha value is -1.23. The van der Waals surface area contributed by atoms with Gasteiger partial charge in [0.1, 0.15) is 5.01 Å². The van der Waals surface area contributed by atoms with Crippen LogP contribution in [0, 0.1) is 0 Å². The third kappa shape index (κ3) is 4.13. The van der Waals surface area contributed by atoms with E-state index in [-0.39, 0.29) is 0 Å². The van der Waals surface area contributed by atoms with E-state index in [0.29, 0.717) is 6.04 Å². The van der Waals surface area contributed by atoms with Gasteiger partial charge >= 0.3 is 0 Å². The Morgan fingerprint density at radius 2 is 2.00 bits per heavy atom. The molecule has 0 saturated carbocycles. The minimum Gasteiger partial charge on any atom is -0.309 e. The lowest BCUT2D eigenvalue weighted by Crippen LogP contribution is -2.35. The van der Waals surface area contributed by atoms with E-state index in [1.807, 2.05) is 18.2 Å². The van der Waals surface area contributed by atoms with Crippen LogP contribution in [0.5, 0.6) is 0 Å². The SMILES string of the molecule is CC(CNCc1nc(-c2ccccc2)cs1)N(C)C. The van der Waals surface area contributed by atoms with Crippen molar-refractivity contribution >= 4 is 11.3 Å². The summed E-state index contributed by atoms with van der Waals surface area (Å²) in [4.78, 5) is 6.88. The molecule has 102 valence electrons. The third-order valence-electron chi connectivity index (χ3n) is 3.22. The second-order valence-corrected chi connectivity index (χ2v) is 5.88. The van der Waals surface area contributed by atoms with Crippen LogP contribution in [0.3, 0.4) is 0 Å². The molecule has 2 rings (SSSR count). The molecule has 1 aromatic carbocycles. The van der Waals surface area contributed by atoms with Crippen LogP contribution >= 0.6 is 11.3 Å². The van der Waals surface area contributed by atoms with E-state index in [4.69, 9.17) is 0 Å². The molecule has 1 heterocycles. The fourth-order valence-electron chi connectivity index (χ4n) is 1.70. The molecule has 0 fully saturated rings. The summed E-state index contributed by atoms with van der Waals surface area (Å²) in [5.74, 6) is 0. The second kappa shape index (κ2) is 6.80. The van der Waals surface area contributed by atoms with Crippen molar-refractivity contribution in [3.8, 4) is 11.3 Å². The molecule has 0 aliphatic carbocycles. The number of nitrogens with one attached hydrogen (secondary N) is 1. The van der Waals surface area contributed by atoms with Gasteiger partial charge in [0.05, 0.1) is 5.69 Å². The van der Waals surface area contributed by atoms with Gasteiger partial charge < -0.3 is 10.2 Å². The van der Waals surface area contributed by atoms with Crippen LogP contribution in [0.2, 0.25) is 0 Å². The Labute approximate surface area is 119 Å². The summed E-state index contributed by atoms with van der Waals surface area (Å²) in [5, 5.41) is 6.72. The molecular weight excluding hydrogens is 254 g/mol. The van der Waals surface area contributed by atoms with Gasteiger partial charge in [0.25, 0.3) is 0 Å². The lowest BCUT2D eigenvalue weighted by molar-refractivity contribution is 0.302. The van der Waals surface area contributed by atoms with Gasteiger partial charge in [-0.05, 0) is 21.0 Å². The van der Waals surface area contributed by atoms with Crippen molar-refractivity contribution in [2.75, 3.05) is 20.6 Å². The number of hydrogen-bond donors (Lipinski definition) is 1. The molecule has 0 bridgehead atoms. The average molecular weight is 275 g/mol. The average Bonchev–Trinajstić information content (AvgIpc) is 2.88. The molecule has 1 aromatic heterocycles. The van der Waals surface area contributed by atoms with Gasteiger partial charge in [-0.2, -0.15) is 0 Å². The quantitative estimate of drug-likeness (QED) is 0.878. The van der Waals surface area contributed by atoms with Gasteiger partial charge in [0.15, 0.2) is 0 Å². The smallest absolute Gasteiger partial charge is 0.107 e. The molecule has 0 aliphatic rings. The maximum absolute atomic E-state index is 4.66. The number of nitrogens with zero attached hydrogens (tertiary/aromatic N) is 2. The summed E-state index contributed by atoms with van der Waals surface area (Å²) in [7, 11) is 4.20. The number of hydrogen-bond acceptors (Lipinski definition) is 4. The molecule has 1 unspecified atom stereocenters. The first-order chi connectivity index (χ1) is 9.16. The Bertz CT molecular complexity index is 493. The van der Waals surface area contributed by atoms with Crippen molar-refractivity contribution in [3.05, 3.63) is 40.7 Å². The van der Waals surface area contributed by atoms with Crippen LogP contribution in [0.4, 0.5) is 0 Å². The third-order valence-corrected chi connectivity index (χ3v) is 4.07. The van der Waals surface area contributed by atoms with E-state index >= 15 is 0 Å². The minimum absolute atomic E-state index is 0.536. The van der Waals surface area contributed by atoms with Gasteiger partial charge in [0, 0.05) is 30.1 Å². The van der Waals surface area contributed by atoms with Crippen molar-refractivity contribution in [3.63, 3.8) is 0 Å². The maximum atomic E-state index is 4.66. The lowest BCUT2D eigenvalue weighted by Gasteiger charge is -2.19. The second-order valence-electron chi connectivity index (χ2n) is 4.94. The first-order valence-corrected chi connectivity index (χ1v) is 7.41. The Kier molecular flexibility index (Phi) is 5.07. The molecule has 19 heavy (non-hydrogen) atoms. The first kappa shape index (κ1) is 14.2. The van der Waals surface area contributed by atoms with Crippen molar-refractivity contribution in [2.24, 2.45) is 0 Å². The van der Waals surface area contributed by atoms with Crippen LogP contribution in [0.25, 0.3) is 11.3 Å². The molecule has 0 amide bonds. The van der Waals surface area contributed by atoms with E-state index in [2.05, 4.69) is 53.7 Å². The fourth-order valence-corrected chi connectivity index (χ4v) is 2.48. The molecular formula is C15H21N3S. The van der Waals surface area contributed by atoms with Gasteiger partial charge in [-0.1, -0.05) is 30.3 Å². The van der Waals surface area contributed by atoms with Crippen molar-refractivity contribution in [2.45, 2.75) is 19.5 Å². The molecule has 2 aromatic rings. The van der Waals surface area contributed by atoms with E-state index in [0.717, 1.165) is 23.8 Å². The largest absolute Gasteiger partial charge is 0.309 e.